The van der Waals surface area contributed by atoms with Gasteiger partial charge >= 0.3 is 6.03 Å². The number of hydrogen-bond donors (Lipinski definition) is 3. The van der Waals surface area contributed by atoms with Gasteiger partial charge in [-0.3, -0.25) is 4.79 Å². The van der Waals surface area contributed by atoms with Crippen LogP contribution in [0.3, 0.4) is 0 Å². The quantitative estimate of drug-likeness (QED) is 0.792. The van der Waals surface area contributed by atoms with Crippen molar-refractivity contribution in [2.75, 3.05) is 5.32 Å². The molecule has 108 valence electrons. The highest BCUT2D eigenvalue weighted by molar-refractivity contribution is 5.94. The highest BCUT2D eigenvalue weighted by Gasteiger charge is 2.12. The SMILES string of the molecule is C/C(=C\NC(=O)Nc1ccc(C(N)=O)cc1)C(C)(C)C. The Hall–Kier alpha value is -2.30. The molecule has 4 N–H and O–H groups in total. The number of hydrogen-bond acceptors (Lipinski definition) is 2. The molecule has 5 nitrogen and oxygen atoms in total. The second kappa shape index (κ2) is 6.23. The molecule has 0 aliphatic carbocycles. The van der Waals surface area contributed by atoms with Gasteiger partial charge in [-0.05, 0) is 36.6 Å². The van der Waals surface area contributed by atoms with Gasteiger partial charge in [0.2, 0.25) is 5.91 Å². The van der Waals surface area contributed by atoms with E-state index in [1.54, 1.807) is 30.5 Å². The van der Waals surface area contributed by atoms with Gasteiger partial charge in [-0.25, -0.2) is 4.79 Å². The number of anilines is 1. The maximum absolute atomic E-state index is 11.7. The first kappa shape index (κ1) is 15.8. The molecule has 20 heavy (non-hydrogen) atoms. The van der Waals surface area contributed by atoms with Crippen LogP contribution in [0.5, 0.6) is 0 Å². The number of urea groups is 1. The minimum absolute atomic E-state index is 0.0103. The number of amides is 3. The van der Waals surface area contributed by atoms with Crippen molar-refractivity contribution in [3.05, 3.63) is 41.6 Å². The predicted octanol–water partition coefficient (Wildman–Crippen LogP) is 2.86. The van der Waals surface area contributed by atoms with Gasteiger partial charge in [0.05, 0.1) is 0 Å². The minimum atomic E-state index is -0.496. The zero-order chi connectivity index (χ0) is 15.3. The molecular formula is C15H21N3O2. The Morgan fingerprint density at radius 3 is 2.15 bits per heavy atom. The van der Waals surface area contributed by atoms with Crippen LogP contribution in [0, 0.1) is 5.41 Å². The molecule has 0 spiro atoms. The Bertz CT molecular complexity index is 525. The largest absolute Gasteiger partial charge is 0.366 e. The number of nitrogens with one attached hydrogen (secondary N) is 2. The van der Waals surface area contributed by atoms with Gasteiger partial charge < -0.3 is 16.4 Å². The van der Waals surface area contributed by atoms with Crippen LogP contribution in [0.4, 0.5) is 10.5 Å². The van der Waals surface area contributed by atoms with Crippen LogP contribution in [-0.2, 0) is 0 Å². The lowest BCUT2D eigenvalue weighted by atomic mass is 9.88. The fourth-order valence-corrected chi connectivity index (χ4v) is 1.28. The molecule has 0 heterocycles. The van der Waals surface area contributed by atoms with E-state index < -0.39 is 5.91 Å². The Labute approximate surface area is 119 Å². The lowest BCUT2D eigenvalue weighted by Crippen LogP contribution is -2.25. The van der Waals surface area contributed by atoms with Crippen molar-refractivity contribution < 1.29 is 9.59 Å². The van der Waals surface area contributed by atoms with Crippen LogP contribution in [0.2, 0.25) is 0 Å². The molecule has 1 aromatic carbocycles. The summed E-state index contributed by atoms with van der Waals surface area (Å²) >= 11 is 0. The summed E-state index contributed by atoms with van der Waals surface area (Å²) < 4.78 is 0. The number of nitrogens with two attached hydrogens (primary N) is 1. The first-order chi connectivity index (χ1) is 9.20. The van der Waals surface area contributed by atoms with Crippen molar-refractivity contribution in [1.82, 2.24) is 5.32 Å². The first-order valence-electron chi connectivity index (χ1n) is 6.35. The van der Waals surface area contributed by atoms with E-state index in [1.807, 2.05) is 6.92 Å². The highest BCUT2D eigenvalue weighted by Crippen LogP contribution is 2.23. The average molecular weight is 275 g/mol. The third-order valence-electron chi connectivity index (χ3n) is 3.03. The van der Waals surface area contributed by atoms with Gasteiger partial charge in [-0.15, -0.1) is 0 Å². The zero-order valence-electron chi connectivity index (χ0n) is 12.3. The molecule has 0 radical (unpaired) electrons. The molecule has 0 saturated heterocycles. The molecule has 5 heteroatoms. The molecule has 0 aliphatic rings. The number of carbonyl (C=O) groups excluding carboxylic acids is 2. The first-order valence-corrected chi connectivity index (χ1v) is 6.35. The summed E-state index contributed by atoms with van der Waals surface area (Å²) in [6.07, 6.45) is 1.69. The summed E-state index contributed by atoms with van der Waals surface area (Å²) in [6.45, 7) is 8.17. The molecule has 0 aromatic heterocycles. The van der Waals surface area contributed by atoms with Gasteiger partial charge in [0.25, 0.3) is 0 Å². The maximum atomic E-state index is 11.7. The van der Waals surface area contributed by atoms with Gasteiger partial charge in [-0.1, -0.05) is 26.3 Å². The number of benzene rings is 1. The smallest absolute Gasteiger partial charge is 0.323 e. The molecule has 3 amide bonds. The van der Waals surface area contributed by atoms with Crippen molar-refractivity contribution in [3.8, 4) is 0 Å². The van der Waals surface area contributed by atoms with Crippen molar-refractivity contribution in [3.63, 3.8) is 0 Å². The lowest BCUT2D eigenvalue weighted by Gasteiger charge is -2.19. The molecule has 1 aromatic rings. The van der Waals surface area contributed by atoms with E-state index in [4.69, 9.17) is 5.73 Å². The van der Waals surface area contributed by atoms with Crippen molar-refractivity contribution in [1.29, 1.82) is 0 Å². The lowest BCUT2D eigenvalue weighted by molar-refractivity contribution is 0.100. The van der Waals surface area contributed by atoms with Gasteiger partial charge in [0.1, 0.15) is 0 Å². The summed E-state index contributed by atoms with van der Waals surface area (Å²) in [5.74, 6) is -0.496. The number of allylic oxidation sites excluding steroid dienone is 1. The number of carbonyl (C=O) groups is 2. The van der Waals surface area contributed by atoms with Crippen molar-refractivity contribution in [2.24, 2.45) is 11.1 Å². The molecular weight excluding hydrogens is 254 g/mol. The standard InChI is InChI=1S/C15H21N3O2/c1-10(15(2,3)4)9-17-14(20)18-12-7-5-11(6-8-12)13(16)19/h5-9H,1-4H3,(H2,16,19)(H2,17,18,20)/b10-9+. The molecule has 0 unspecified atom stereocenters. The molecule has 0 atom stereocenters. The summed E-state index contributed by atoms with van der Waals surface area (Å²) in [6, 6.07) is 6.04. The Morgan fingerprint density at radius 2 is 1.70 bits per heavy atom. The van der Waals surface area contributed by atoms with Gasteiger partial charge in [0, 0.05) is 17.5 Å². The van der Waals surface area contributed by atoms with E-state index >= 15 is 0 Å². The second-order valence-electron chi connectivity index (χ2n) is 5.62. The average Bonchev–Trinajstić information content (AvgIpc) is 2.35. The topological polar surface area (TPSA) is 84.2 Å². The van der Waals surface area contributed by atoms with Crippen molar-refractivity contribution in [2.45, 2.75) is 27.7 Å². The van der Waals surface area contributed by atoms with E-state index in [-0.39, 0.29) is 11.4 Å². The van der Waals surface area contributed by atoms with Crippen LogP contribution >= 0.6 is 0 Å². The molecule has 0 saturated carbocycles. The van der Waals surface area contributed by atoms with Crippen LogP contribution in [0.15, 0.2) is 36.0 Å². The fraction of sp³-hybridized carbons (Fsp3) is 0.333. The molecule has 0 aliphatic heterocycles. The van der Waals surface area contributed by atoms with E-state index in [0.717, 1.165) is 5.57 Å². The highest BCUT2D eigenvalue weighted by atomic mass is 16.2. The van der Waals surface area contributed by atoms with Crippen LogP contribution in [0.25, 0.3) is 0 Å². The second-order valence-corrected chi connectivity index (χ2v) is 5.62. The minimum Gasteiger partial charge on any atom is -0.366 e. The van der Waals surface area contributed by atoms with Crippen LogP contribution in [-0.4, -0.2) is 11.9 Å². The van der Waals surface area contributed by atoms with E-state index in [0.29, 0.717) is 11.3 Å². The van der Waals surface area contributed by atoms with E-state index in [2.05, 4.69) is 31.4 Å². The Kier molecular flexibility index (Phi) is 4.91. The Balaban J connectivity index is 2.61. The summed E-state index contributed by atoms with van der Waals surface area (Å²) in [7, 11) is 0. The summed E-state index contributed by atoms with van der Waals surface area (Å²) in [5, 5.41) is 5.34. The van der Waals surface area contributed by atoms with Crippen LogP contribution in [0.1, 0.15) is 38.1 Å². The van der Waals surface area contributed by atoms with Crippen molar-refractivity contribution >= 4 is 17.6 Å². The summed E-state index contributed by atoms with van der Waals surface area (Å²) in [5.41, 5.74) is 7.21. The molecule has 1 rings (SSSR count). The van der Waals surface area contributed by atoms with Gasteiger partial charge in [-0.2, -0.15) is 0 Å². The third kappa shape index (κ3) is 4.76. The fourth-order valence-electron chi connectivity index (χ4n) is 1.28. The summed E-state index contributed by atoms with van der Waals surface area (Å²) in [4.78, 5) is 22.6. The monoisotopic (exact) mass is 275 g/mol. The maximum Gasteiger partial charge on any atom is 0.323 e. The van der Waals surface area contributed by atoms with Crippen LogP contribution < -0.4 is 16.4 Å². The third-order valence-corrected chi connectivity index (χ3v) is 3.03. The predicted molar refractivity (Wildman–Crippen MR) is 80.3 cm³/mol. The molecule has 0 bridgehead atoms. The normalized spacial score (nSPS) is 11.9. The number of rotatable bonds is 3. The zero-order valence-corrected chi connectivity index (χ0v) is 12.3. The Morgan fingerprint density at radius 1 is 1.15 bits per heavy atom. The van der Waals surface area contributed by atoms with E-state index in [9.17, 15) is 9.59 Å². The van der Waals surface area contributed by atoms with Gasteiger partial charge in [0.15, 0.2) is 0 Å². The van der Waals surface area contributed by atoms with E-state index in [1.165, 1.54) is 0 Å². The number of primary amides is 1. The molecule has 0 fully saturated rings.